The normalized spacial score (nSPS) is 10.6. The molecule has 0 aliphatic carbocycles. The summed E-state index contributed by atoms with van der Waals surface area (Å²) < 4.78 is 0. The molecule has 0 aliphatic heterocycles. The van der Waals surface area contributed by atoms with Gasteiger partial charge in [0.2, 0.25) is 0 Å². The Bertz CT molecular complexity index is 1210. The minimum atomic E-state index is -0.223. The highest BCUT2D eigenvalue weighted by Crippen LogP contribution is 2.27. The van der Waals surface area contributed by atoms with Crippen LogP contribution in [0.1, 0.15) is 11.3 Å². The molecule has 4 aromatic rings. The van der Waals surface area contributed by atoms with Gasteiger partial charge in [-0.2, -0.15) is 5.26 Å². The highest BCUT2D eigenvalue weighted by Gasteiger charge is 2.11. The molecule has 0 spiro atoms. The molecule has 0 unspecified atom stereocenters. The third kappa shape index (κ3) is 3.59. The van der Waals surface area contributed by atoms with Crippen LogP contribution in [0.2, 0.25) is 0 Å². The molecule has 4 rings (SSSR count). The molecule has 0 aliphatic rings. The second kappa shape index (κ2) is 7.44. The molecule has 27 heavy (non-hydrogen) atoms. The summed E-state index contributed by atoms with van der Waals surface area (Å²) in [7, 11) is 0. The van der Waals surface area contributed by atoms with Gasteiger partial charge in [-0.15, -0.1) is 0 Å². The molecule has 2 heterocycles. The Morgan fingerprint density at radius 3 is 2.56 bits per heavy atom. The van der Waals surface area contributed by atoms with Crippen LogP contribution < -0.4 is 5.56 Å². The van der Waals surface area contributed by atoms with Crippen molar-refractivity contribution in [1.29, 1.82) is 5.26 Å². The van der Waals surface area contributed by atoms with Crippen molar-refractivity contribution in [1.82, 2.24) is 15.0 Å². The summed E-state index contributed by atoms with van der Waals surface area (Å²) in [6.07, 6.45) is 0. The summed E-state index contributed by atoms with van der Waals surface area (Å²) in [5, 5.41) is 9.98. The summed E-state index contributed by atoms with van der Waals surface area (Å²) in [6, 6.07) is 22.9. The first kappa shape index (κ1) is 17.0. The fourth-order valence-corrected chi connectivity index (χ4v) is 3.61. The number of H-pyrrole nitrogens is 1. The number of aromatic nitrogens is 3. The smallest absolute Gasteiger partial charge is 0.271 e. The highest BCUT2D eigenvalue weighted by atomic mass is 32.2. The number of nitrogens with zero attached hydrogens (tertiary/aromatic N) is 3. The van der Waals surface area contributed by atoms with Crippen LogP contribution in [0.4, 0.5) is 0 Å². The molecular weight excluding hydrogens is 356 g/mol. The van der Waals surface area contributed by atoms with Gasteiger partial charge in [-0.05, 0) is 24.3 Å². The standard InChI is InChI=1S/C21H14N4OS/c22-12-15-10-11-16(14-6-2-1-3-7-14)25-21(15)27-13-19-20(26)24-18-9-5-4-8-17(18)23-19/h1-11H,13H2,(H,24,26). The Kier molecular flexibility index (Phi) is 4.69. The lowest BCUT2D eigenvalue weighted by molar-refractivity contribution is 1.08. The molecule has 0 saturated carbocycles. The molecule has 0 bridgehead atoms. The van der Waals surface area contributed by atoms with E-state index in [2.05, 4.69) is 21.0 Å². The quantitative estimate of drug-likeness (QED) is 0.546. The van der Waals surface area contributed by atoms with Crippen LogP contribution >= 0.6 is 11.8 Å². The van der Waals surface area contributed by atoms with E-state index in [1.54, 1.807) is 6.07 Å². The van der Waals surface area contributed by atoms with Crippen LogP contribution in [-0.2, 0) is 5.75 Å². The van der Waals surface area contributed by atoms with E-state index < -0.39 is 0 Å². The summed E-state index contributed by atoms with van der Waals surface area (Å²) >= 11 is 1.34. The van der Waals surface area contributed by atoms with Gasteiger partial charge in [0.1, 0.15) is 16.8 Å². The number of hydrogen-bond donors (Lipinski definition) is 1. The molecule has 130 valence electrons. The molecular formula is C21H14N4OS. The maximum absolute atomic E-state index is 12.3. The zero-order valence-corrected chi connectivity index (χ0v) is 15.0. The number of nitrogens with one attached hydrogen (secondary N) is 1. The average molecular weight is 370 g/mol. The van der Waals surface area contributed by atoms with Crippen molar-refractivity contribution < 1.29 is 0 Å². The summed E-state index contributed by atoms with van der Waals surface area (Å²) in [5.74, 6) is 0.333. The van der Waals surface area contributed by atoms with Crippen molar-refractivity contribution >= 4 is 22.8 Å². The number of fused-ring (bicyclic) bond motifs is 1. The van der Waals surface area contributed by atoms with Crippen LogP contribution in [0, 0.1) is 11.3 Å². The minimum Gasteiger partial charge on any atom is -0.319 e. The van der Waals surface area contributed by atoms with Crippen molar-refractivity contribution in [3.8, 4) is 17.3 Å². The van der Waals surface area contributed by atoms with E-state index >= 15 is 0 Å². The van der Waals surface area contributed by atoms with Gasteiger partial charge in [0, 0.05) is 11.3 Å². The van der Waals surface area contributed by atoms with E-state index in [1.807, 2.05) is 60.7 Å². The minimum absolute atomic E-state index is 0.223. The van der Waals surface area contributed by atoms with E-state index in [0.29, 0.717) is 27.6 Å². The Labute approximate surface area is 159 Å². The molecule has 0 radical (unpaired) electrons. The number of hydrogen-bond acceptors (Lipinski definition) is 5. The number of aromatic amines is 1. The van der Waals surface area contributed by atoms with Crippen molar-refractivity contribution in [2.24, 2.45) is 0 Å². The summed E-state index contributed by atoms with van der Waals surface area (Å²) in [6.45, 7) is 0. The molecule has 6 heteroatoms. The Morgan fingerprint density at radius 1 is 0.963 bits per heavy atom. The number of rotatable bonds is 4. The van der Waals surface area contributed by atoms with Crippen molar-refractivity contribution in [3.63, 3.8) is 0 Å². The average Bonchev–Trinajstić information content (AvgIpc) is 2.72. The molecule has 0 atom stereocenters. The van der Waals surface area contributed by atoms with E-state index in [4.69, 9.17) is 0 Å². The fraction of sp³-hybridized carbons (Fsp3) is 0.0476. The first-order valence-corrected chi connectivity index (χ1v) is 9.30. The first-order valence-electron chi connectivity index (χ1n) is 8.32. The molecule has 0 saturated heterocycles. The highest BCUT2D eigenvalue weighted by molar-refractivity contribution is 7.98. The Morgan fingerprint density at radius 2 is 1.74 bits per heavy atom. The van der Waals surface area contributed by atoms with Gasteiger partial charge >= 0.3 is 0 Å². The van der Waals surface area contributed by atoms with E-state index in [-0.39, 0.29) is 5.56 Å². The fourth-order valence-electron chi connectivity index (χ4n) is 2.71. The van der Waals surface area contributed by atoms with Gasteiger partial charge < -0.3 is 4.98 Å². The van der Waals surface area contributed by atoms with E-state index in [0.717, 1.165) is 16.8 Å². The molecule has 2 aromatic carbocycles. The number of pyridine rings is 1. The predicted molar refractivity (Wildman–Crippen MR) is 106 cm³/mol. The number of thioether (sulfide) groups is 1. The van der Waals surface area contributed by atoms with E-state index in [1.165, 1.54) is 11.8 Å². The maximum atomic E-state index is 12.3. The Balaban J connectivity index is 1.65. The second-order valence-corrected chi connectivity index (χ2v) is 6.81. The summed E-state index contributed by atoms with van der Waals surface area (Å²) in [4.78, 5) is 24.2. The van der Waals surface area contributed by atoms with Crippen LogP contribution in [0.5, 0.6) is 0 Å². The number of para-hydroxylation sites is 2. The maximum Gasteiger partial charge on any atom is 0.271 e. The second-order valence-electron chi connectivity index (χ2n) is 5.85. The third-order valence-corrected chi connectivity index (χ3v) is 5.07. The zero-order valence-electron chi connectivity index (χ0n) is 14.2. The van der Waals surface area contributed by atoms with Gasteiger partial charge in [0.05, 0.1) is 22.3 Å². The van der Waals surface area contributed by atoms with Crippen molar-refractivity contribution in [3.05, 3.63) is 88.3 Å². The zero-order chi connectivity index (χ0) is 18.6. The largest absolute Gasteiger partial charge is 0.319 e. The Hall–Kier alpha value is -3.43. The lowest BCUT2D eigenvalue weighted by Crippen LogP contribution is -2.14. The molecule has 2 aromatic heterocycles. The summed E-state index contributed by atoms with van der Waals surface area (Å²) in [5.41, 5.74) is 3.88. The van der Waals surface area contributed by atoms with Gasteiger partial charge in [-0.25, -0.2) is 9.97 Å². The molecule has 0 amide bonds. The monoisotopic (exact) mass is 370 g/mol. The van der Waals surface area contributed by atoms with Gasteiger partial charge in [0.15, 0.2) is 0 Å². The van der Waals surface area contributed by atoms with Crippen LogP contribution in [0.3, 0.4) is 0 Å². The van der Waals surface area contributed by atoms with Crippen LogP contribution in [0.25, 0.3) is 22.3 Å². The molecule has 5 nitrogen and oxygen atoms in total. The first-order chi connectivity index (χ1) is 13.2. The van der Waals surface area contributed by atoms with Crippen molar-refractivity contribution in [2.45, 2.75) is 10.8 Å². The topological polar surface area (TPSA) is 82.4 Å². The SMILES string of the molecule is N#Cc1ccc(-c2ccccc2)nc1SCc1nc2ccccc2[nH]c1=O. The lowest BCUT2D eigenvalue weighted by atomic mass is 10.1. The van der Waals surface area contributed by atoms with E-state index in [9.17, 15) is 10.1 Å². The van der Waals surface area contributed by atoms with Crippen LogP contribution in [0.15, 0.2) is 76.6 Å². The molecule has 1 N–H and O–H groups in total. The van der Waals surface area contributed by atoms with Gasteiger partial charge in [0.25, 0.3) is 5.56 Å². The third-order valence-electron chi connectivity index (χ3n) is 4.07. The van der Waals surface area contributed by atoms with Gasteiger partial charge in [-0.3, -0.25) is 4.79 Å². The molecule has 0 fully saturated rings. The lowest BCUT2D eigenvalue weighted by Gasteiger charge is -2.07. The van der Waals surface area contributed by atoms with Crippen molar-refractivity contribution in [2.75, 3.05) is 0 Å². The van der Waals surface area contributed by atoms with Gasteiger partial charge in [-0.1, -0.05) is 54.2 Å². The van der Waals surface area contributed by atoms with Crippen LogP contribution in [-0.4, -0.2) is 15.0 Å². The number of nitriles is 1. The predicted octanol–water partition coefficient (Wildman–Crippen LogP) is 4.15. The number of benzene rings is 2.